The summed E-state index contributed by atoms with van der Waals surface area (Å²) in [6.45, 7) is 3.50. The van der Waals surface area contributed by atoms with Crippen molar-refractivity contribution in [2.45, 2.75) is 25.9 Å². The van der Waals surface area contributed by atoms with Crippen LogP contribution < -0.4 is 5.32 Å². The standard InChI is InChI=1S/C18H16BrFN2O2/c1-11-3-6-13(7-4-11)18(2)16(23)22(17(24)21-18)10-12-5-8-14(19)9-15(12)20/h3-9H,10H2,1-2H3,(H,21,24). The summed E-state index contributed by atoms with van der Waals surface area (Å²) >= 11 is 3.19. The number of aryl methyl sites for hydroxylation is 1. The first-order valence-corrected chi connectivity index (χ1v) is 8.26. The minimum Gasteiger partial charge on any atom is -0.319 e. The van der Waals surface area contributed by atoms with Crippen molar-refractivity contribution in [1.82, 2.24) is 10.2 Å². The SMILES string of the molecule is Cc1ccc(C2(C)NC(=O)N(Cc3ccc(Br)cc3F)C2=O)cc1. The van der Waals surface area contributed by atoms with Crippen LogP contribution in [0.25, 0.3) is 0 Å². The fourth-order valence-corrected chi connectivity index (χ4v) is 3.08. The Morgan fingerprint density at radius 1 is 1.17 bits per heavy atom. The third-order valence-electron chi connectivity index (χ3n) is 4.25. The van der Waals surface area contributed by atoms with Gasteiger partial charge >= 0.3 is 6.03 Å². The third-order valence-corrected chi connectivity index (χ3v) is 4.74. The molecule has 3 rings (SSSR count). The van der Waals surface area contributed by atoms with E-state index < -0.39 is 23.3 Å². The Morgan fingerprint density at radius 2 is 1.83 bits per heavy atom. The Morgan fingerprint density at radius 3 is 2.46 bits per heavy atom. The van der Waals surface area contributed by atoms with Crippen LogP contribution in [0.4, 0.5) is 9.18 Å². The Balaban J connectivity index is 1.90. The predicted octanol–water partition coefficient (Wildman–Crippen LogP) is 3.86. The Kier molecular flexibility index (Phi) is 4.17. The summed E-state index contributed by atoms with van der Waals surface area (Å²) in [5.41, 5.74) is 0.907. The van der Waals surface area contributed by atoms with Crippen molar-refractivity contribution in [3.8, 4) is 0 Å². The lowest BCUT2D eigenvalue weighted by Gasteiger charge is -2.22. The Hall–Kier alpha value is -2.21. The molecule has 0 saturated carbocycles. The predicted molar refractivity (Wildman–Crippen MR) is 91.7 cm³/mol. The molecule has 1 saturated heterocycles. The van der Waals surface area contributed by atoms with Crippen LogP contribution in [-0.2, 0) is 16.9 Å². The van der Waals surface area contributed by atoms with Crippen molar-refractivity contribution >= 4 is 27.9 Å². The molecular weight excluding hydrogens is 375 g/mol. The van der Waals surface area contributed by atoms with Gasteiger partial charge in [0.05, 0.1) is 6.54 Å². The van der Waals surface area contributed by atoms with E-state index in [1.165, 1.54) is 6.07 Å². The smallest absolute Gasteiger partial charge is 0.319 e. The highest BCUT2D eigenvalue weighted by Gasteiger charge is 2.48. The molecule has 4 nitrogen and oxygen atoms in total. The number of nitrogens with zero attached hydrogens (tertiary/aromatic N) is 1. The van der Waals surface area contributed by atoms with Gasteiger partial charge in [-0.1, -0.05) is 51.8 Å². The molecule has 2 aromatic carbocycles. The second-order valence-corrected chi connectivity index (χ2v) is 6.96. The maximum absolute atomic E-state index is 14.0. The summed E-state index contributed by atoms with van der Waals surface area (Å²) in [4.78, 5) is 26.1. The van der Waals surface area contributed by atoms with Gasteiger partial charge < -0.3 is 5.32 Å². The normalized spacial score (nSPS) is 20.4. The van der Waals surface area contributed by atoms with Gasteiger partial charge in [0, 0.05) is 10.0 Å². The Bertz CT molecular complexity index is 822. The molecule has 1 unspecified atom stereocenters. The molecule has 0 bridgehead atoms. The van der Waals surface area contributed by atoms with E-state index in [0.29, 0.717) is 10.0 Å². The maximum atomic E-state index is 14.0. The second kappa shape index (κ2) is 6.02. The van der Waals surface area contributed by atoms with Crippen molar-refractivity contribution in [1.29, 1.82) is 0 Å². The molecular formula is C18H16BrFN2O2. The molecule has 1 fully saturated rings. The molecule has 1 heterocycles. The monoisotopic (exact) mass is 390 g/mol. The van der Waals surface area contributed by atoms with E-state index in [1.54, 1.807) is 19.1 Å². The van der Waals surface area contributed by atoms with Crippen molar-refractivity contribution in [3.05, 3.63) is 69.4 Å². The average molecular weight is 391 g/mol. The van der Waals surface area contributed by atoms with E-state index in [0.717, 1.165) is 10.5 Å². The van der Waals surface area contributed by atoms with E-state index in [4.69, 9.17) is 0 Å². The van der Waals surface area contributed by atoms with Crippen LogP contribution >= 0.6 is 15.9 Å². The first kappa shape index (κ1) is 16.6. The van der Waals surface area contributed by atoms with E-state index in [2.05, 4.69) is 21.2 Å². The third kappa shape index (κ3) is 2.82. The fraction of sp³-hybridized carbons (Fsp3) is 0.222. The van der Waals surface area contributed by atoms with Crippen LogP contribution in [0.15, 0.2) is 46.9 Å². The molecule has 1 N–H and O–H groups in total. The molecule has 24 heavy (non-hydrogen) atoms. The summed E-state index contributed by atoms with van der Waals surface area (Å²) in [6.07, 6.45) is 0. The average Bonchev–Trinajstić information content (AvgIpc) is 2.74. The van der Waals surface area contributed by atoms with Gasteiger partial charge in [0.25, 0.3) is 5.91 Å². The lowest BCUT2D eigenvalue weighted by molar-refractivity contribution is -0.131. The minimum atomic E-state index is -1.14. The Labute approximate surface area is 147 Å². The zero-order valence-electron chi connectivity index (χ0n) is 13.3. The number of hydrogen-bond acceptors (Lipinski definition) is 2. The van der Waals surface area contributed by atoms with Gasteiger partial charge in [0.1, 0.15) is 11.4 Å². The molecule has 2 aromatic rings. The van der Waals surface area contributed by atoms with Crippen molar-refractivity contribution < 1.29 is 14.0 Å². The lowest BCUT2D eigenvalue weighted by atomic mass is 9.91. The zero-order valence-corrected chi connectivity index (χ0v) is 14.9. The number of imide groups is 1. The number of carbonyl (C=O) groups is 2. The fourth-order valence-electron chi connectivity index (χ4n) is 2.74. The number of rotatable bonds is 3. The molecule has 0 aliphatic carbocycles. The van der Waals surface area contributed by atoms with Gasteiger partial charge in [-0.15, -0.1) is 0 Å². The number of nitrogens with one attached hydrogen (secondary N) is 1. The maximum Gasteiger partial charge on any atom is 0.325 e. The highest BCUT2D eigenvalue weighted by atomic mass is 79.9. The molecule has 3 amide bonds. The summed E-state index contributed by atoms with van der Waals surface area (Å²) in [7, 11) is 0. The van der Waals surface area contributed by atoms with Gasteiger partial charge in [0.2, 0.25) is 0 Å². The number of benzene rings is 2. The van der Waals surface area contributed by atoms with Gasteiger partial charge in [-0.3, -0.25) is 9.69 Å². The van der Waals surface area contributed by atoms with Crippen LogP contribution in [0.3, 0.4) is 0 Å². The van der Waals surface area contributed by atoms with Crippen LogP contribution in [0, 0.1) is 12.7 Å². The van der Waals surface area contributed by atoms with Crippen molar-refractivity contribution in [2.24, 2.45) is 0 Å². The summed E-state index contributed by atoms with van der Waals surface area (Å²) in [5.74, 6) is -0.854. The molecule has 1 atom stereocenters. The molecule has 6 heteroatoms. The lowest BCUT2D eigenvalue weighted by Crippen LogP contribution is -2.40. The highest BCUT2D eigenvalue weighted by Crippen LogP contribution is 2.30. The summed E-state index contributed by atoms with van der Waals surface area (Å²) in [5, 5.41) is 2.72. The number of amides is 3. The van der Waals surface area contributed by atoms with Gasteiger partial charge in [-0.05, 0) is 31.5 Å². The number of halogens is 2. The first-order valence-electron chi connectivity index (χ1n) is 7.46. The molecule has 0 aromatic heterocycles. The molecule has 1 aliphatic heterocycles. The number of urea groups is 1. The van der Waals surface area contributed by atoms with E-state index in [9.17, 15) is 14.0 Å². The quantitative estimate of drug-likeness (QED) is 0.808. The number of carbonyl (C=O) groups excluding carboxylic acids is 2. The minimum absolute atomic E-state index is 0.106. The van der Waals surface area contributed by atoms with E-state index >= 15 is 0 Å². The van der Waals surface area contributed by atoms with Gasteiger partial charge in [-0.25, -0.2) is 9.18 Å². The van der Waals surface area contributed by atoms with Crippen molar-refractivity contribution in [3.63, 3.8) is 0 Å². The van der Waals surface area contributed by atoms with E-state index in [-0.39, 0.29) is 12.1 Å². The van der Waals surface area contributed by atoms with Gasteiger partial charge in [0.15, 0.2) is 0 Å². The molecule has 0 radical (unpaired) electrons. The zero-order chi connectivity index (χ0) is 17.5. The summed E-state index contributed by atoms with van der Waals surface area (Å²) in [6, 6.07) is 11.4. The summed E-state index contributed by atoms with van der Waals surface area (Å²) < 4.78 is 14.6. The molecule has 0 spiro atoms. The van der Waals surface area contributed by atoms with Crippen LogP contribution in [0.5, 0.6) is 0 Å². The van der Waals surface area contributed by atoms with E-state index in [1.807, 2.05) is 31.2 Å². The van der Waals surface area contributed by atoms with Crippen LogP contribution in [0.2, 0.25) is 0 Å². The second-order valence-electron chi connectivity index (χ2n) is 6.05. The first-order chi connectivity index (χ1) is 11.3. The topological polar surface area (TPSA) is 49.4 Å². The van der Waals surface area contributed by atoms with Crippen LogP contribution in [-0.4, -0.2) is 16.8 Å². The van der Waals surface area contributed by atoms with Crippen LogP contribution in [0.1, 0.15) is 23.6 Å². The van der Waals surface area contributed by atoms with Crippen molar-refractivity contribution in [2.75, 3.05) is 0 Å². The molecule has 124 valence electrons. The number of hydrogen-bond donors (Lipinski definition) is 1. The molecule has 1 aliphatic rings. The highest BCUT2D eigenvalue weighted by molar-refractivity contribution is 9.10. The largest absolute Gasteiger partial charge is 0.325 e. The van der Waals surface area contributed by atoms with Gasteiger partial charge in [-0.2, -0.15) is 0 Å².